The second kappa shape index (κ2) is 9.90. The van der Waals surface area contributed by atoms with Gasteiger partial charge in [0, 0.05) is 0 Å². The summed E-state index contributed by atoms with van der Waals surface area (Å²) in [7, 11) is 0. The van der Waals surface area contributed by atoms with Crippen molar-refractivity contribution >= 4 is 12.2 Å². The van der Waals surface area contributed by atoms with E-state index in [1.54, 1.807) is 12.1 Å². The highest BCUT2D eigenvalue weighted by Gasteiger charge is 2.30. The number of benzene rings is 2. The summed E-state index contributed by atoms with van der Waals surface area (Å²) in [4.78, 5) is 0. The third-order valence-electron chi connectivity index (χ3n) is 3.73. The zero-order chi connectivity index (χ0) is 18.8. The molecule has 2 nitrogen and oxygen atoms in total. The van der Waals surface area contributed by atoms with Crippen LogP contribution < -0.4 is 9.47 Å². The van der Waals surface area contributed by atoms with Crippen LogP contribution in [-0.4, -0.2) is 13.0 Å². The minimum Gasteiger partial charge on any atom is -0.494 e. The minimum atomic E-state index is -4.67. The molecule has 0 N–H and O–H groups in total. The van der Waals surface area contributed by atoms with Crippen molar-refractivity contribution in [3.05, 3.63) is 59.7 Å². The van der Waals surface area contributed by atoms with Crippen LogP contribution in [-0.2, 0) is 0 Å². The fourth-order valence-electron chi connectivity index (χ4n) is 2.37. The Labute approximate surface area is 152 Å². The van der Waals surface area contributed by atoms with Crippen LogP contribution >= 0.6 is 0 Å². The van der Waals surface area contributed by atoms with Crippen molar-refractivity contribution in [1.82, 2.24) is 0 Å². The first-order valence-electron chi connectivity index (χ1n) is 8.73. The molecule has 0 fully saturated rings. The van der Waals surface area contributed by atoms with Gasteiger partial charge in [-0.25, -0.2) is 0 Å². The summed E-state index contributed by atoms with van der Waals surface area (Å²) in [5.74, 6) is 0.613. The van der Waals surface area contributed by atoms with Crippen LogP contribution in [0.1, 0.15) is 43.7 Å². The van der Waals surface area contributed by atoms with Gasteiger partial charge in [-0.15, -0.1) is 13.2 Å². The summed E-state index contributed by atoms with van der Waals surface area (Å²) in [5, 5.41) is 0. The van der Waals surface area contributed by atoms with E-state index in [9.17, 15) is 13.2 Å². The topological polar surface area (TPSA) is 18.5 Å². The molecule has 2 aromatic carbocycles. The zero-order valence-electron chi connectivity index (χ0n) is 14.8. The van der Waals surface area contributed by atoms with Crippen molar-refractivity contribution in [3.8, 4) is 11.5 Å². The lowest BCUT2D eigenvalue weighted by Gasteiger charge is -2.08. The molecular formula is C21H23F3O2. The lowest BCUT2D eigenvalue weighted by molar-refractivity contribution is -0.274. The van der Waals surface area contributed by atoms with Gasteiger partial charge in [0.25, 0.3) is 0 Å². The van der Waals surface area contributed by atoms with E-state index in [0.29, 0.717) is 0 Å². The number of unbranched alkanes of at least 4 members (excludes halogenated alkanes) is 3. The number of hydrogen-bond acceptors (Lipinski definition) is 2. The largest absolute Gasteiger partial charge is 0.573 e. The van der Waals surface area contributed by atoms with E-state index in [2.05, 4.69) is 11.7 Å². The smallest absolute Gasteiger partial charge is 0.494 e. The number of rotatable bonds is 9. The molecule has 0 bridgehead atoms. The van der Waals surface area contributed by atoms with Crippen LogP contribution in [0, 0.1) is 0 Å². The second-order valence-electron chi connectivity index (χ2n) is 5.93. The highest BCUT2D eigenvalue weighted by Crippen LogP contribution is 2.23. The van der Waals surface area contributed by atoms with Crippen molar-refractivity contribution in [2.75, 3.05) is 6.61 Å². The molecule has 2 aromatic rings. The number of halogens is 3. The predicted molar refractivity (Wildman–Crippen MR) is 98.1 cm³/mol. The molecule has 0 aliphatic rings. The van der Waals surface area contributed by atoms with E-state index in [1.165, 1.54) is 31.4 Å². The molecule has 0 atom stereocenters. The lowest BCUT2D eigenvalue weighted by Crippen LogP contribution is -2.16. The van der Waals surface area contributed by atoms with Crippen molar-refractivity contribution in [3.63, 3.8) is 0 Å². The monoisotopic (exact) mass is 364 g/mol. The quantitative estimate of drug-likeness (QED) is 0.363. The second-order valence-corrected chi connectivity index (χ2v) is 5.93. The summed E-state index contributed by atoms with van der Waals surface area (Å²) in [5.41, 5.74) is 1.77. The molecule has 0 saturated carbocycles. The van der Waals surface area contributed by atoms with Crippen molar-refractivity contribution in [1.29, 1.82) is 0 Å². The minimum absolute atomic E-state index is 0.227. The van der Waals surface area contributed by atoms with E-state index in [4.69, 9.17) is 4.74 Å². The van der Waals surface area contributed by atoms with Crippen LogP contribution in [0.2, 0.25) is 0 Å². The van der Waals surface area contributed by atoms with E-state index in [1.807, 2.05) is 36.4 Å². The van der Waals surface area contributed by atoms with Crippen LogP contribution in [0.4, 0.5) is 13.2 Å². The lowest BCUT2D eigenvalue weighted by atomic mass is 10.1. The van der Waals surface area contributed by atoms with Gasteiger partial charge < -0.3 is 9.47 Å². The first-order chi connectivity index (χ1) is 12.5. The van der Waals surface area contributed by atoms with Gasteiger partial charge in [0.15, 0.2) is 0 Å². The Morgan fingerprint density at radius 1 is 0.769 bits per heavy atom. The standard InChI is InChI=1S/C21H23F3O2/c1-2-3-4-5-16-25-19-12-8-17(9-13-19)6-7-18-10-14-20(15-11-18)26-21(22,23)24/h6-15H,2-5,16H2,1H3. The molecule has 0 heterocycles. The summed E-state index contributed by atoms with van der Waals surface area (Å²) < 4.78 is 45.9. The highest BCUT2D eigenvalue weighted by molar-refractivity contribution is 5.70. The van der Waals surface area contributed by atoms with Gasteiger partial charge in [-0.1, -0.05) is 62.6 Å². The van der Waals surface area contributed by atoms with Crippen LogP contribution in [0.25, 0.3) is 12.2 Å². The maximum absolute atomic E-state index is 12.1. The average molecular weight is 364 g/mol. The summed E-state index contributed by atoms with van der Waals surface area (Å²) in [6.45, 7) is 2.90. The maximum Gasteiger partial charge on any atom is 0.573 e. The Bertz CT molecular complexity index is 674. The third-order valence-corrected chi connectivity index (χ3v) is 3.73. The van der Waals surface area contributed by atoms with Gasteiger partial charge in [-0.3, -0.25) is 0 Å². The van der Waals surface area contributed by atoms with Gasteiger partial charge in [0.2, 0.25) is 0 Å². The first kappa shape index (κ1) is 19.9. The molecular weight excluding hydrogens is 341 g/mol. The molecule has 0 amide bonds. The normalized spacial score (nSPS) is 11.7. The number of ether oxygens (including phenoxy) is 2. The van der Waals surface area contributed by atoms with Gasteiger partial charge in [0.1, 0.15) is 11.5 Å². The van der Waals surface area contributed by atoms with Crippen molar-refractivity contribution in [2.24, 2.45) is 0 Å². The van der Waals surface area contributed by atoms with Crippen molar-refractivity contribution in [2.45, 2.75) is 39.0 Å². The van der Waals surface area contributed by atoms with E-state index >= 15 is 0 Å². The Morgan fingerprint density at radius 2 is 1.31 bits per heavy atom. The Balaban J connectivity index is 1.84. The molecule has 0 spiro atoms. The molecule has 0 aromatic heterocycles. The molecule has 0 unspecified atom stereocenters. The molecule has 26 heavy (non-hydrogen) atoms. The van der Waals surface area contributed by atoms with Gasteiger partial charge >= 0.3 is 6.36 Å². The van der Waals surface area contributed by atoms with Crippen LogP contribution in [0.5, 0.6) is 11.5 Å². The first-order valence-corrected chi connectivity index (χ1v) is 8.73. The van der Waals surface area contributed by atoms with Gasteiger partial charge in [-0.05, 0) is 41.8 Å². The SMILES string of the molecule is CCCCCCOc1ccc(C=Cc2ccc(OC(F)(F)F)cc2)cc1. The predicted octanol–water partition coefficient (Wildman–Crippen LogP) is 6.71. The van der Waals surface area contributed by atoms with Crippen LogP contribution in [0.3, 0.4) is 0 Å². The molecule has 140 valence electrons. The molecule has 0 radical (unpaired) electrons. The summed E-state index contributed by atoms with van der Waals surface area (Å²) in [6, 6.07) is 13.5. The highest BCUT2D eigenvalue weighted by atomic mass is 19.4. The Hall–Kier alpha value is -2.43. The van der Waals surface area contributed by atoms with Gasteiger partial charge in [0.05, 0.1) is 6.61 Å². The summed E-state index contributed by atoms with van der Waals surface area (Å²) >= 11 is 0. The summed E-state index contributed by atoms with van der Waals surface area (Å²) in [6.07, 6.45) is 3.74. The average Bonchev–Trinajstić information content (AvgIpc) is 2.61. The van der Waals surface area contributed by atoms with E-state index in [-0.39, 0.29) is 5.75 Å². The Morgan fingerprint density at radius 3 is 1.81 bits per heavy atom. The van der Waals surface area contributed by atoms with E-state index in [0.717, 1.165) is 29.9 Å². The van der Waals surface area contributed by atoms with E-state index < -0.39 is 6.36 Å². The fourth-order valence-corrected chi connectivity index (χ4v) is 2.37. The molecule has 5 heteroatoms. The molecule has 0 aliphatic carbocycles. The molecule has 0 saturated heterocycles. The zero-order valence-corrected chi connectivity index (χ0v) is 14.8. The van der Waals surface area contributed by atoms with Gasteiger partial charge in [-0.2, -0.15) is 0 Å². The van der Waals surface area contributed by atoms with Crippen molar-refractivity contribution < 1.29 is 22.6 Å². The number of hydrogen-bond donors (Lipinski definition) is 0. The van der Waals surface area contributed by atoms with Crippen LogP contribution in [0.15, 0.2) is 48.5 Å². The third kappa shape index (κ3) is 7.64. The maximum atomic E-state index is 12.1. The fraction of sp³-hybridized carbons (Fsp3) is 0.333. The number of alkyl halides is 3. The molecule has 2 rings (SSSR count). The Kier molecular flexibility index (Phi) is 7.57. The molecule has 0 aliphatic heterocycles.